The standard InChI is InChI=1S/C12H16FNO/c13-11-4-3-9(7-12(11)14)10(5-6-15)8-1-2-8/h3-4,7-8,10,15H,1-2,5-6,14H2. The van der Waals surface area contributed by atoms with Gasteiger partial charge in [0.15, 0.2) is 0 Å². The van der Waals surface area contributed by atoms with Gasteiger partial charge in [-0.2, -0.15) is 0 Å². The third kappa shape index (κ3) is 2.29. The third-order valence-corrected chi connectivity index (χ3v) is 3.08. The second-order valence-corrected chi connectivity index (χ2v) is 4.24. The van der Waals surface area contributed by atoms with E-state index < -0.39 is 0 Å². The van der Waals surface area contributed by atoms with Crippen molar-refractivity contribution in [1.82, 2.24) is 0 Å². The predicted octanol–water partition coefficient (Wildman–Crippen LogP) is 2.28. The Morgan fingerprint density at radius 2 is 2.20 bits per heavy atom. The Kier molecular flexibility index (Phi) is 2.91. The summed E-state index contributed by atoms with van der Waals surface area (Å²) in [7, 11) is 0. The number of nitrogen functional groups attached to an aromatic ring is 1. The lowest BCUT2D eigenvalue weighted by molar-refractivity contribution is 0.270. The average molecular weight is 209 g/mol. The van der Waals surface area contributed by atoms with Crippen LogP contribution < -0.4 is 5.73 Å². The van der Waals surface area contributed by atoms with Crippen molar-refractivity contribution in [2.75, 3.05) is 12.3 Å². The topological polar surface area (TPSA) is 46.2 Å². The smallest absolute Gasteiger partial charge is 0.146 e. The van der Waals surface area contributed by atoms with Crippen LogP contribution in [-0.4, -0.2) is 11.7 Å². The highest BCUT2D eigenvalue weighted by molar-refractivity contribution is 5.43. The molecule has 1 aliphatic carbocycles. The van der Waals surface area contributed by atoms with Gasteiger partial charge in [0.05, 0.1) is 5.69 Å². The normalized spacial score (nSPS) is 17.7. The summed E-state index contributed by atoms with van der Waals surface area (Å²) in [6.07, 6.45) is 3.17. The highest BCUT2D eigenvalue weighted by Gasteiger charge is 2.31. The SMILES string of the molecule is Nc1cc(C(CCO)C2CC2)ccc1F. The fourth-order valence-corrected chi connectivity index (χ4v) is 2.11. The molecule has 1 fully saturated rings. The Hall–Kier alpha value is -1.09. The molecular formula is C12H16FNO. The molecule has 1 atom stereocenters. The van der Waals surface area contributed by atoms with Crippen molar-refractivity contribution in [2.24, 2.45) is 5.92 Å². The number of aliphatic hydroxyl groups excluding tert-OH is 1. The minimum absolute atomic E-state index is 0.179. The molecule has 3 N–H and O–H groups in total. The maximum absolute atomic E-state index is 13.0. The summed E-state index contributed by atoms with van der Waals surface area (Å²) < 4.78 is 13.0. The minimum atomic E-state index is -0.364. The average Bonchev–Trinajstić information content (AvgIpc) is 3.02. The van der Waals surface area contributed by atoms with Gasteiger partial charge in [0.1, 0.15) is 5.82 Å². The Balaban J connectivity index is 2.21. The van der Waals surface area contributed by atoms with Crippen molar-refractivity contribution >= 4 is 5.69 Å². The van der Waals surface area contributed by atoms with Crippen molar-refractivity contribution < 1.29 is 9.50 Å². The summed E-state index contributed by atoms with van der Waals surface area (Å²) in [4.78, 5) is 0. The third-order valence-electron chi connectivity index (χ3n) is 3.08. The van der Waals surface area contributed by atoms with Crippen LogP contribution in [0.25, 0.3) is 0 Å². The molecule has 1 aliphatic rings. The van der Waals surface area contributed by atoms with E-state index in [4.69, 9.17) is 10.8 Å². The van der Waals surface area contributed by atoms with Crippen molar-refractivity contribution in [1.29, 1.82) is 0 Å². The molecule has 3 heteroatoms. The predicted molar refractivity (Wildman–Crippen MR) is 58.0 cm³/mol. The molecule has 0 bridgehead atoms. The molecule has 1 aromatic carbocycles. The lowest BCUT2D eigenvalue weighted by Crippen LogP contribution is -2.05. The zero-order valence-electron chi connectivity index (χ0n) is 8.62. The molecular weight excluding hydrogens is 193 g/mol. The first-order chi connectivity index (χ1) is 7.22. The molecule has 1 saturated carbocycles. The Morgan fingerprint density at radius 1 is 1.47 bits per heavy atom. The van der Waals surface area contributed by atoms with Gasteiger partial charge in [-0.05, 0) is 48.8 Å². The van der Waals surface area contributed by atoms with Crippen molar-refractivity contribution in [3.05, 3.63) is 29.6 Å². The molecule has 0 heterocycles. The summed E-state index contributed by atoms with van der Waals surface area (Å²) in [6.45, 7) is 0.179. The largest absolute Gasteiger partial charge is 0.396 e. The quantitative estimate of drug-likeness (QED) is 0.747. The first-order valence-electron chi connectivity index (χ1n) is 5.38. The molecule has 0 saturated heterocycles. The van der Waals surface area contributed by atoms with E-state index in [1.54, 1.807) is 12.1 Å². The second-order valence-electron chi connectivity index (χ2n) is 4.24. The van der Waals surface area contributed by atoms with Gasteiger partial charge in [-0.1, -0.05) is 6.07 Å². The maximum atomic E-state index is 13.0. The van der Waals surface area contributed by atoms with E-state index in [1.165, 1.54) is 18.9 Å². The summed E-state index contributed by atoms with van der Waals surface area (Å²) in [5, 5.41) is 8.99. The van der Waals surface area contributed by atoms with Crippen LogP contribution in [0.2, 0.25) is 0 Å². The van der Waals surface area contributed by atoms with E-state index in [0.29, 0.717) is 11.8 Å². The van der Waals surface area contributed by atoms with Crippen LogP contribution in [0.4, 0.5) is 10.1 Å². The van der Waals surface area contributed by atoms with Crippen LogP contribution in [0.3, 0.4) is 0 Å². The molecule has 82 valence electrons. The van der Waals surface area contributed by atoms with Gasteiger partial charge in [-0.25, -0.2) is 4.39 Å². The number of aliphatic hydroxyl groups is 1. The van der Waals surface area contributed by atoms with E-state index in [1.807, 2.05) is 0 Å². The monoisotopic (exact) mass is 209 g/mol. The maximum Gasteiger partial charge on any atom is 0.146 e. The number of benzene rings is 1. The second kappa shape index (κ2) is 4.19. The first kappa shape index (κ1) is 10.4. The molecule has 0 spiro atoms. The van der Waals surface area contributed by atoms with Crippen molar-refractivity contribution in [3.63, 3.8) is 0 Å². The molecule has 0 radical (unpaired) electrons. The molecule has 1 aromatic rings. The zero-order valence-corrected chi connectivity index (χ0v) is 8.62. The Morgan fingerprint density at radius 3 is 2.73 bits per heavy atom. The van der Waals surface area contributed by atoms with E-state index >= 15 is 0 Å². The Labute approximate surface area is 88.9 Å². The minimum Gasteiger partial charge on any atom is -0.396 e. The van der Waals surface area contributed by atoms with E-state index in [0.717, 1.165) is 12.0 Å². The van der Waals surface area contributed by atoms with E-state index in [-0.39, 0.29) is 18.1 Å². The van der Waals surface area contributed by atoms with Crippen LogP contribution in [0.5, 0.6) is 0 Å². The van der Waals surface area contributed by atoms with Gasteiger partial charge in [-0.3, -0.25) is 0 Å². The fourth-order valence-electron chi connectivity index (χ4n) is 2.11. The van der Waals surface area contributed by atoms with E-state index in [2.05, 4.69) is 0 Å². The fraction of sp³-hybridized carbons (Fsp3) is 0.500. The number of hydrogen-bond donors (Lipinski definition) is 2. The van der Waals surface area contributed by atoms with E-state index in [9.17, 15) is 4.39 Å². The highest BCUT2D eigenvalue weighted by atomic mass is 19.1. The van der Waals surface area contributed by atoms with Gasteiger partial charge in [0.25, 0.3) is 0 Å². The summed E-state index contributed by atoms with van der Waals surface area (Å²) in [5.41, 5.74) is 6.80. The molecule has 15 heavy (non-hydrogen) atoms. The molecule has 0 aromatic heterocycles. The van der Waals surface area contributed by atoms with Gasteiger partial charge >= 0.3 is 0 Å². The lowest BCUT2D eigenvalue weighted by atomic mass is 9.91. The molecule has 0 aliphatic heterocycles. The van der Waals surface area contributed by atoms with Crippen molar-refractivity contribution in [2.45, 2.75) is 25.2 Å². The van der Waals surface area contributed by atoms with Crippen LogP contribution >= 0.6 is 0 Å². The zero-order chi connectivity index (χ0) is 10.8. The molecule has 0 amide bonds. The lowest BCUT2D eigenvalue weighted by Gasteiger charge is -2.15. The number of nitrogens with two attached hydrogens (primary N) is 1. The number of hydrogen-bond acceptors (Lipinski definition) is 2. The molecule has 2 nitrogen and oxygen atoms in total. The Bertz CT molecular complexity index is 349. The van der Waals surface area contributed by atoms with Gasteiger partial charge in [-0.15, -0.1) is 0 Å². The number of anilines is 1. The van der Waals surface area contributed by atoms with Crippen LogP contribution in [0.1, 0.15) is 30.7 Å². The number of halogens is 1. The van der Waals surface area contributed by atoms with Crippen LogP contribution in [0.15, 0.2) is 18.2 Å². The summed E-state index contributed by atoms with van der Waals surface area (Å²) in [6, 6.07) is 4.90. The summed E-state index contributed by atoms with van der Waals surface area (Å²) in [5.74, 6) is 0.636. The number of rotatable bonds is 4. The van der Waals surface area contributed by atoms with Gasteiger partial charge < -0.3 is 10.8 Å². The highest BCUT2D eigenvalue weighted by Crippen LogP contribution is 2.44. The van der Waals surface area contributed by atoms with Crippen LogP contribution in [0, 0.1) is 11.7 Å². The van der Waals surface area contributed by atoms with Crippen LogP contribution in [-0.2, 0) is 0 Å². The first-order valence-corrected chi connectivity index (χ1v) is 5.38. The molecule has 1 unspecified atom stereocenters. The van der Waals surface area contributed by atoms with Gasteiger partial charge in [0.2, 0.25) is 0 Å². The van der Waals surface area contributed by atoms with Gasteiger partial charge in [0, 0.05) is 6.61 Å². The summed E-state index contributed by atoms with van der Waals surface area (Å²) >= 11 is 0. The van der Waals surface area contributed by atoms with Crippen molar-refractivity contribution in [3.8, 4) is 0 Å². The molecule has 2 rings (SSSR count).